The molecule has 0 aliphatic heterocycles. The summed E-state index contributed by atoms with van der Waals surface area (Å²) >= 11 is 0. The third-order valence-corrected chi connectivity index (χ3v) is 7.86. The standard InChI is InChI=1S/C35H26/c1-4-14-24(15-5-1)31-32(25-16-6-2-7-17-25)34-29-22-12-10-20-27(29)28-21-11-13-23-30(28)35(34)33(31)26-18-8-3-9-19-26/h1-23,31-33H. The molecule has 2 atom stereocenters. The Morgan fingerprint density at radius 2 is 0.600 bits per heavy atom. The van der Waals surface area contributed by atoms with Crippen LogP contribution in [0.25, 0.3) is 21.5 Å². The van der Waals surface area contributed by atoms with Crippen LogP contribution in [0.4, 0.5) is 0 Å². The van der Waals surface area contributed by atoms with E-state index in [0.29, 0.717) is 5.92 Å². The lowest BCUT2D eigenvalue weighted by Crippen LogP contribution is -2.13. The second kappa shape index (κ2) is 8.25. The first kappa shape index (κ1) is 20.2. The van der Waals surface area contributed by atoms with Crippen molar-refractivity contribution < 1.29 is 0 Å². The van der Waals surface area contributed by atoms with E-state index in [4.69, 9.17) is 0 Å². The van der Waals surface area contributed by atoms with E-state index in [1.54, 1.807) is 0 Å². The highest BCUT2D eigenvalue weighted by molar-refractivity contribution is 6.12. The molecule has 0 heteroatoms. The Kier molecular flexibility index (Phi) is 4.77. The average molecular weight is 447 g/mol. The Hall–Kier alpha value is -4.16. The highest BCUT2D eigenvalue weighted by atomic mass is 14.5. The van der Waals surface area contributed by atoms with Gasteiger partial charge >= 0.3 is 0 Å². The summed E-state index contributed by atoms with van der Waals surface area (Å²) in [6.45, 7) is 0. The molecule has 0 bridgehead atoms. The minimum Gasteiger partial charge on any atom is -0.0622 e. The van der Waals surface area contributed by atoms with Crippen LogP contribution in [-0.4, -0.2) is 0 Å². The minimum atomic E-state index is 0.272. The van der Waals surface area contributed by atoms with Gasteiger partial charge in [-0.2, -0.15) is 0 Å². The van der Waals surface area contributed by atoms with Crippen molar-refractivity contribution in [1.82, 2.24) is 0 Å². The van der Waals surface area contributed by atoms with Crippen LogP contribution in [0.2, 0.25) is 0 Å². The van der Waals surface area contributed by atoms with Crippen LogP contribution < -0.4 is 0 Å². The van der Waals surface area contributed by atoms with E-state index in [1.807, 2.05) is 0 Å². The fourth-order valence-electron chi connectivity index (χ4n) is 6.55. The molecule has 6 aromatic rings. The summed E-state index contributed by atoms with van der Waals surface area (Å²) < 4.78 is 0. The first-order valence-corrected chi connectivity index (χ1v) is 12.5. The zero-order valence-electron chi connectivity index (χ0n) is 19.5. The van der Waals surface area contributed by atoms with E-state index in [2.05, 4.69) is 140 Å². The van der Waals surface area contributed by atoms with Crippen molar-refractivity contribution in [2.24, 2.45) is 0 Å². The summed E-state index contributed by atoms with van der Waals surface area (Å²) in [4.78, 5) is 0. The molecule has 0 amide bonds. The molecule has 1 aliphatic rings. The van der Waals surface area contributed by atoms with Gasteiger partial charge in [-0.05, 0) is 49.4 Å². The molecular weight excluding hydrogens is 420 g/mol. The molecule has 0 aromatic heterocycles. The summed E-state index contributed by atoms with van der Waals surface area (Å²) in [5.41, 5.74) is 7.17. The Labute approximate surface area is 206 Å². The number of fused-ring (bicyclic) bond motifs is 6. The molecular formula is C35H26. The van der Waals surface area contributed by atoms with Gasteiger partial charge in [0.15, 0.2) is 0 Å². The number of benzene rings is 6. The van der Waals surface area contributed by atoms with Gasteiger partial charge in [0, 0.05) is 17.8 Å². The first-order valence-electron chi connectivity index (χ1n) is 12.5. The Bertz CT molecular complexity index is 1530. The van der Waals surface area contributed by atoms with Gasteiger partial charge < -0.3 is 0 Å². The average Bonchev–Trinajstić information content (AvgIpc) is 3.31. The number of rotatable bonds is 3. The molecule has 0 saturated carbocycles. The molecule has 0 heterocycles. The summed E-state index contributed by atoms with van der Waals surface area (Å²) in [5, 5.41) is 5.47. The van der Waals surface area contributed by atoms with Crippen molar-refractivity contribution in [3.05, 3.63) is 167 Å². The summed E-state index contributed by atoms with van der Waals surface area (Å²) in [6.07, 6.45) is 0. The largest absolute Gasteiger partial charge is 0.0622 e. The van der Waals surface area contributed by atoms with E-state index >= 15 is 0 Å². The predicted octanol–water partition coefficient (Wildman–Crippen LogP) is 9.05. The van der Waals surface area contributed by atoms with Crippen LogP contribution in [-0.2, 0) is 0 Å². The Balaban J connectivity index is 1.67. The monoisotopic (exact) mass is 446 g/mol. The third kappa shape index (κ3) is 3.14. The smallest absolute Gasteiger partial charge is 0.0176 e. The molecule has 0 radical (unpaired) electrons. The van der Waals surface area contributed by atoms with Gasteiger partial charge in [0.2, 0.25) is 0 Å². The zero-order valence-corrected chi connectivity index (χ0v) is 19.5. The fraction of sp³-hybridized carbons (Fsp3) is 0.0857. The molecule has 7 rings (SSSR count). The maximum atomic E-state index is 2.34. The lowest BCUT2D eigenvalue weighted by molar-refractivity contribution is 0.598. The zero-order chi connectivity index (χ0) is 23.2. The van der Waals surface area contributed by atoms with E-state index in [-0.39, 0.29) is 11.8 Å². The SMILES string of the molecule is c1ccc(C2c3c(c4ccccc4c4ccccc34)C(c3ccccc3)C2c2ccccc2)cc1. The van der Waals surface area contributed by atoms with Crippen LogP contribution in [0.15, 0.2) is 140 Å². The van der Waals surface area contributed by atoms with Crippen LogP contribution in [0.3, 0.4) is 0 Å². The normalized spacial score (nSPS) is 19.1. The van der Waals surface area contributed by atoms with Crippen molar-refractivity contribution in [2.75, 3.05) is 0 Å². The second-order valence-corrected chi connectivity index (χ2v) is 9.63. The molecule has 0 nitrogen and oxygen atoms in total. The van der Waals surface area contributed by atoms with Gasteiger partial charge in [0.05, 0.1) is 0 Å². The van der Waals surface area contributed by atoms with Crippen molar-refractivity contribution in [2.45, 2.75) is 17.8 Å². The molecule has 0 N–H and O–H groups in total. The lowest BCUT2D eigenvalue weighted by Gasteiger charge is -2.27. The molecule has 0 spiro atoms. The molecule has 6 aromatic carbocycles. The van der Waals surface area contributed by atoms with Gasteiger partial charge in [-0.15, -0.1) is 0 Å². The number of hydrogen-bond donors (Lipinski definition) is 0. The Morgan fingerprint density at radius 1 is 0.286 bits per heavy atom. The molecule has 0 saturated heterocycles. The molecule has 0 fully saturated rings. The van der Waals surface area contributed by atoms with Gasteiger partial charge in [0.25, 0.3) is 0 Å². The molecule has 2 unspecified atom stereocenters. The van der Waals surface area contributed by atoms with Crippen LogP contribution in [0.1, 0.15) is 45.6 Å². The highest BCUT2D eigenvalue weighted by Gasteiger charge is 2.45. The second-order valence-electron chi connectivity index (χ2n) is 9.63. The van der Waals surface area contributed by atoms with E-state index in [1.165, 1.54) is 49.4 Å². The third-order valence-electron chi connectivity index (χ3n) is 7.86. The minimum absolute atomic E-state index is 0.272. The van der Waals surface area contributed by atoms with Crippen LogP contribution >= 0.6 is 0 Å². The molecule has 1 aliphatic carbocycles. The molecule has 35 heavy (non-hydrogen) atoms. The van der Waals surface area contributed by atoms with E-state index < -0.39 is 0 Å². The summed E-state index contributed by atoms with van der Waals surface area (Å²) in [5.74, 6) is 0.854. The van der Waals surface area contributed by atoms with Gasteiger partial charge in [-0.25, -0.2) is 0 Å². The highest BCUT2D eigenvalue weighted by Crippen LogP contribution is 2.60. The van der Waals surface area contributed by atoms with Crippen molar-refractivity contribution in [1.29, 1.82) is 0 Å². The quantitative estimate of drug-likeness (QED) is 0.238. The van der Waals surface area contributed by atoms with Gasteiger partial charge in [0.1, 0.15) is 0 Å². The number of hydrogen-bond acceptors (Lipinski definition) is 0. The summed E-state index contributed by atoms with van der Waals surface area (Å²) in [7, 11) is 0. The van der Waals surface area contributed by atoms with Gasteiger partial charge in [-0.1, -0.05) is 140 Å². The van der Waals surface area contributed by atoms with Crippen molar-refractivity contribution >= 4 is 21.5 Å². The Morgan fingerprint density at radius 3 is 1.00 bits per heavy atom. The maximum Gasteiger partial charge on any atom is 0.0176 e. The van der Waals surface area contributed by atoms with Gasteiger partial charge in [-0.3, -0.25) is 0 Å². The predicted molar refractivity (Wildman–Crippen MR) is 147 cm³/mol. The summed E-state index contributed by atoms with van der Waals surface area (Å²) in [6, 6.07) is 51.5. The van der Waals surface area contributed by atoms with Crippen molar-refractivity contribution in [3.63, 3.8) is 0 Å². The first-order chi connectivity index (χ1) is 17.4. The fourth-order valence-corrected chi connectivity index (χ4v) is 6.55. The topological polar surface area (TPSA) is 0 Å². The van der Waals surface area contributed by atoms with Crippen LogP contribution in [0, 0.1) is 0 Å². The van der Waals surface area contributed by atoms with E-state index in [0.717, 1.165) is 0 Å². The lowest BCUT2D eigenvalue weighted by atomic mass is 9.75. The molecule has 166 valence electrons. The van der Waals surface area contributed by atoms with E-state index in [9.17, 15) is 0 Å². The maximum absolute atomic E-state index is 2.34. The van der Waals surface area contributed by atoms with Crippen LogP contribution in [0.5, 0.6) is 0 Å². The van der Waals surface area contributed by atoms with Crippen molar-refractivity contribution in [3.8, 4) is 0 Å².